The zero-order valence-corrected chi connectivity index (χ0v) is 17.3. The van der Waals surface area contributed by atoms with E-state index in [0.29, 0.717) is 27.8 Å². The van der Waals surface area contributed by atoms with Crippen LogP contribution in [0.5, 0.6) is 5.75 Å². The van der Waals surface area contributed by atoms with Crippen LogP contribution in [-0.2, 0) is 16.2 Å². The van der Waals surface area contributed by atoms with E-state index in [2.05, 4.69) is 26.2 Å². The van der Waals surface area contributed by atoms with Crippen LogP contribution >= 0.6 is 39.3 Å². The van der Waals surface area contributed by atoms with Crippen LogP contribution in [0.4, 0.5) is 0 Å². The normalized spacial score (nSPS) is 15.0. The second-order valence-electron chi connectivity index (χ2n) is 5.61. The van der Waals surface area contributed by atoms with Crippen molar-refractivity contribution in [1.82, 2.24) is 5.32 Å². The Balaban J connectivity index is 1.79. The summed E-state index contributed by atoms with van der Waals surface area (Å²) in [5.74, 6) is -0.102. The lowest BCUT2D eigenvalue weighted by atomic mass is 10.1. The molecule has 2 aromatic rings. The summed E-state index contributed by atoms with van der Waals surface area (Å²) in [5.41, 5.74) is 1.67. The fourth-order valence-corrected chi connectivity index (χ4v) is 3.56. The molecule has 2 amide bonds. The van der Waals surface area contributed by atoms with Crippen molar-refractivity contribution in [3.63, 3.8) is 0 Å². The molecule has 0 saturated heterocycles. The van der Waals surface area contributed by atoms with Gasteiger partial charge in [0.15, 0.2) is 5.17 Å². The molecule has 0 radical (unpaired) electrons. The second kappa shape index (κ2) is 8.73. The monoisotopic (exact) mass is 464 g/mol. The summed E-state index contributed by atoms with van der Waals surface area (Å²) in [6.45, 7) is 1.74. The third-order valence-corrected chi connectivity index (χ3v) is 5.13. The molecule has 8 heteroatoms. The van der Waals surface area contributed by atoms with E-state index in [4.69, 9.17) is 16.3 Å². The molecule has 3 rings (SSSR count). The molecule has 0 aliphatic carbocycles. The molecule has 5 nitrogen and oxygen atoms in total. The summed E-state index contributed by atoms with van der Waals surface area (Å²) in [4.78, 5) is 27.4. The highest BCUT2D eigenvalue weighted by atomic mass is 79.9. The molecular weight excluding hydrogens is 452 g/mol. The van der Waals surface area contributed by atoms with Crippen LogP contribution in [0.3, 0.4) is 0 Å². The molecule has 1 aliphatic rings. The summed E-state index contributed by atoms with van der Waals surface area (Å²) >= 11 is 10.6. The maximum absolute atomic E-state index is 12.1. The number of amides is 2. The van der Waals surface area contributed by atoms with Crippen molar-refractivity contribution in [3.8, 4) is 5.75 Å². The SMILES string of the molecule is CC(=O)NC1=NC(=O)/C(=C\c2cc(Cl)ccc2OCc2ccc(Br)cc2)S1. The van der Waals surface area contributed by atoms with Crippen LogP contribution in [-0.4, -0.2) is 17.0 Å². The van der Waals surface area contributed by atoms with Crippen molar-refractivity contribution in [1.29, 1.82) is 0 Å². The van der Waals surface area contributed by atoms with Crippen molar-refractivity contribution < 1.29 is 14.3 Å². The molecule has 27 heavy (non-hydrogen) atoms. The van der Waals surface area contributed by atoms with Crippen LogP contribution in [0.1, 0.15) is 18.1 Å². The summed E-state index contributed by atoms with van der Waals surface area (Å²) in [5, 5.41) is 3.30. The predicted octanol–water partition coefficient (Wildman–Crippen LogP) is 4.79. The number of rotatable bonds is 4. The first kappa shape index (κ1) is 19.7. The van der Waals surface area contributed by atoms with E-state index in [9.17, 15) is 9.59 Å². The molecule has 0 fully saturated rings. The first-order chi connectivity index (χ1) is 12.9. The highest BCUT2D eigenvalue weighted by Gasteiger charge is 2.23. The quantitative estimate of drug-likeness (QED) is 0.659. The van der Waals surface area contributed by atoms with Gasteiger partial charge in [-0.05, 0) is 53.7 Å². The molecule has 1 heterocycles. The Morgan fingerprint density at radius 1 is 1.30 bits per heavy atom. The molecule has 0 atom stereocenters. The molecule has 1 N–H and O–H groups in total. The van der Waals surface area contributed by atoms with Crippen molar-refractivity contribution in [3.05, 3.63) is 68.0 Å². The van der Waals surface area contributed by atoms with Crippen LogP contribution in [0.2, 0.25) is 5.02 Å². The highest BCUT2D eigenvalue weighted by molar-refractivity contribution is 9.10. The number of thioether (sulfide) groups is 1. The zero-order valence-electron chi connectivity index (χ0n) is 14.2. The highest BCUT2D eigenvalue weighted by Crippen LogP contribution is 2.32. The molecule has 1 aliphatic heterocycles. The number of ether oxygens (including phenoxy) is 1. The summed E-state index contributed by atoms with van der Waals surface area (Å²) < 4.78 is 6.90. The van der Waals surface area contributed by atoms with Gasteiger partial charge in [-0.3, -0.25) is 9.59 Å². The predicted molar refractivity (Wildman–Crippen MR) is 112 cm³/mol. The first-order valence-electron chi connectivity index (χ1n) is 7.87. The van der Waals surface area contributed by atoms with Gasteiger partial charge in [0.25, 0.3) is 5.91 Å². The smallest absolute Gasteiger partial charge is 0.286 e. The van der Waals surface area contributed by atoms with Crippen LogP contribution in [0.15, 0.2) is 56.8 Å². The Labute approximate surface area is 174 Å². The lowest BCUT2D eigenvalue weighted by Gasteiger charge is -2.10. The number of hydrogen-bond acceptors (Lipinski definition) is 4. The number of carbonyl (C=O) groups is 2. The van der Waals surface area contributed by atoms with Gasteiger partial charge in [0.2, 0.25) is 5.91 Å². The molecule has 138 valence electrons. The van der Waals surface area contributed by atoms with Crippen LogP contribution in [0, 0.1) is 0 Å². The number of nitrogens with one attached hydrogen (secondary N) is 1. The van der Waals surface area contributed by atoms with E-state index in [1.807, 2.05) is 24.3 Å². The number of carbonyl (C=O) groups excluding carboxylic acids is 2. The van der Waals surface area contributed by atoms with Gasteiger partial charge in [-0.1, -0.05) is 39.7 Å². The first-order valence-corrected chi connectivity index (χ1v) is 9.86. The van der Waals surface area contributed by atoms with Gasteiger partial charge in [0.1, 0.15) is 12.4 Å². The average molecular weight is 466 g/mol. The second-order valence-corrected chi connectivity index (χ2v) is 7.99. The third kappa shape index (κ3) is 5.45. The topological polar surface area (TPSA) is 67.8 Å². The summed E-state index contributed by atoms with van der Waals surface area (Å²) in [7, 11) is 0. The molecule has 0 bridgehead atoms. The van der Waals surface area contributed by atoms with Gasteiger partial charge >= 0.3 is 0 Å². The van der Waals surface area contributed by atoms with Gasteiger partial charge in [-0.2, -0.15) is 4.99 Å². The number of benzene rings is 2. The van der Waals surface area contributed by atoms with Crippen molar-refractivity contribution in [2.24, 2.45) is 4.99 Å². The molecule has 0 unspecified atom stereocenters. The van der Waals surface area contributed by atoms with E-state index in [1.54, 1.807) is 24.3 Å². The van der Waals surface area contributed by atoms with Crippen LogP contribution < -0.4 is 10.1 Å². The summed E-state index contributed by atoms with van der Waals surface area (Å²) in [6.07, 6.45) is 1.66. The third-order valence-electron chi connectivity index (χ3n) is 3.47. The van der Waals surface area contributed by atoms with Gasteiger partial charge in [0.05, 0.1) is 4.91 Å². The Kier molecular flexibility index (Phi) is 6.36. The van der Waals surface area contributed by atoms with Gasteiger partial charge in [-0.15, -0.1) is 0 Å². The Bertz CT molecular complexity index is 958. The van der Waals surface area contributed by atoms with E-state index in [1.165, 1.54) is 6.92 Å². The molecule has 0 saturated carbocycles. The van der Waals surface area contributed by atoms with E-state index in [-0.39, 0.29) is 11.1 Å². The summed E-state index contributed by atoms with van der Waals surface area (Å²) in [6, 6.07) is 13.0. The molecule has 2 aromatic carbocycles. The minimum atomic E-state index is -0.414. The fourth-order valence-electron chi connectivity index (χ4n) is 2.26. The number of hydrogen-bond donors (Lipinski definition) is 1. The van der Waals surface area contributed by atoms with E-state index < -0.39 is 5.91 Å². The Morgan fingerprint density at radius 3 is 2.74 bits per heavy atom. The molecule has 0 spiro atoms. The number of aliphatic imine (C=N–C) groups is 1. The minimum absolute atomic E-state index is 0.262. The Morgan fingerprint density at radius 2 is 2.04 bits per heavy atom. The van der Waals surface area contributed by atoms with Gasteiger partial charge in [0, 0.05) is 22.0 Å². The van der Waals surface area contributed by atoms with E-state index >= 15 is 0 Å². The number of amidine groups is 1. The van der Waals surface area contributed by atoms with Crippen molar-refractivity contribution in [2.75, 3.05) is 0 Å². The molecular formula is C19H14BrClN2O3S. The van der Waals surface area contributed by atoms with Crippen molar-refractivity contribution in [2.45, 2.75) is 13.5 Å². The average Bonchev–Trinajstić information content (AvgIpc) is 2.94. The largest absolute Gasteiger partial charge is 0.488 e. The van der Waals surface area contributed by atoms with Gasteiger partial charge in [-0.25, -0.2) is 0 Å². The maximum atomic E-state index is 12.1. The maximum Gasteiger partial charge on any atom is 0.286 e. The minimum Gasteiger partial charge on any atom is -0.488 e. The lowest BCUT2D eigenvalue weighted by Crippen LogP contribution is -2.23. The fraction of sp³-hybridized carbons (Fsp3) is 0.105. The number of nitrogens with zero attached hydrogens (tertiary/aromatic N) is 1. The van der Waals surface area contributed by atoms with Gasteiger partial charge < -0.3 is 10.1 Å². The van der Waals surface area contributed by atoms with E-state index in [0.717, 1.165) is 21.8 Å². The Hall–Kier alpha value is -2.09. The van der Waals surface area contributed by atoms with Crippen LogP contribution in [0.25, 0.3) is 6.08 Å². The van der Waals surface area contributed by atoms with Crippen molar-refractivity contribution >= 4 is 62.4 Å². The number of halogens is 2. The molecule has 0 aromatic heterocycles. The zero-order chi connectivity index (χ0) is 19.4. The standard InChI is InChI=1S/C19H14BrClN2O3S/c1-11(24)22-19-23-18(25)17(27-19)9-13-8-15(21)6-7-16(13)26-10-12-2-4-14(20)5-3-12/h2-9H,10H2,1H3,(H,22,23,24,25)/b17-9+. The lowest BCUT2D eigenvalue weighted by molar-refractivity contribution is -0.117.